The second-order valence-corrected chi connectivity index (χ2v) is 8.91. The molecule has 1 saturated carbocycles. The maximum absolute atomic E-state index is 14.3. The van der Waals surface area contributed by atoms with Gasteiger partial charge in [0.2, 0.25) is 0 Å². The minimum atomic E-state index is -5.09. The first kappa shape index (κ1) is 24.0. The van der Waals surface area contributed by atoms with Gasteiger partial charge in [-0.2, -0.15) is 13.2 Å². The van der Waals surface area contributed by atoms with Gasteiger partial charge in [0.25, 0.3) is 0 Å². The summed E-state index contributed by atoms with van der Waals surface area (Å²) in [4.78, 5) is 0. The van der Waals surface area contributed by atoms with Crippen molar-refractivity contribution in [3.8, 4) is 23.0 Å². The zero-order chi connectivity index (χ0) is 24.3. The van der Waals surface area contributed by atoms with E-state index in [0.29, 0.717) is 11.5 Å². The molecule has 0 spiro atoms. The van der Waals surface area contributed by atoms with Gasteiger partial charge in [0.15, 0.2) is 0 Å². The van der Waals surface area contributed by atoms with E-state index in [0.717, 1.165) is 42.4 Å². The molecule has 34 heavy (non-hydrogen) atoms. The summed E-state index contributed by atoms with van der Waals surface area (Å²) in [5.74, 6) is 4.61. The van der Waals surface area contributed by atoms with Crippen LogP contribution >= 0.6 is 0 Å². The van der Waals surface area contributed by atoms with Crippen molar-refractivity contribution >= 4 is 10.8 Å². The number of benzene rings is 3. The van der Waals surface area contributed by atoms with Crippen LogP contribution in [0.4, 0.5) is 22.0 Å². The summed E-state index contributed by atoms with van der Waals surface area (Å²) in [5.41, 5.74) is 0.463. The minimum Gasteiger partial charge on any atom is -0.206 e. The predicted octanol–water partition coefficient (Wildman–Crippen LogP) is 8.93. The van der Waals surface area contributed by atoms with Crippen LogP contribution in [0.1, 0.15) is 49.7 Å². The predicted molar refractivity (Wildman–Crippen MR) is 126 cm³/mol. The van der Waals surface area contributed by atoms with E-state index in [4.69, 9.17) is 0 Å². The van der Waals surface area contributed by atoms with Crippen LogP contribution in [0.25, 0.3) is 21.9 Å². The fraction of sp³-hybridized carbons (Fsp3) is 0.310. The van der Waals surface area contributed by atoms with Crippen LogP contribution in [0, 0.1) is 35.3 Å². The van der Waals surface area contributed by atoms with Gasteiger partial charge in [0, 0.05) is 16.9 Å². The van der Waals surface area contributed by atoms with Crippen molar-refractivity contribution in [1.29, 1.82) is 0 Å². The molecule has 0 atom stereocenters. The molecule has 3 aromatic carbocycles. The van der Waals surface area contributed by atoms with Gasteiger partial charge in [-0.05, 0) is 85.2 Å². The summed E-state index contributed by atoms with van der Waals surface area (Å²) >= 11 is 0. The Balaban J connectivity index is 1.49. The molecule has 1 aliphatic carbocycles. The number of alkyl halides is 3. The molecule has 1 aliphatic rings. The van der Waals surface area contributed by atoms with E-state index in [2.05, 4.69) is 18.4 Å². The van der Waals surface area contributed by atoms with Gasteiger partial charge >= 0.3 is 6.18 Å². The Morgan fingerprint density at radius 1 is 0.912 bits per heavy atom. The van der Waals surface area contributed by atoms with E-state index < -0.39 is 23.4 Å². The van der Waals surface area contributed by atoms with E-state index in [1.54, 1.807) is 0 Å². The Hall–Kier alpha value is -3.13. The molecule has 4 rings (SSSR count). The molecule has 5 heteroatoms. The largest absolute Gasteiger partial charge is 0.422 e. The topological polar surface area (TPSA) is 0 Å². The Morgan fingerprint density at radius 2 is 1.59 bits per heavy atom. The molecule has 0 nitrogen and oxygen atoms in total. The van der Waals surface area contributed by atoms with Crippen LogP contribution in [-0.4, -0.2) is 0 Å². The molecule has 0 aliphatic heterocycles. The molecule has 0 unspecified atom stereocenters. The molecule has 0 radical (unpaired) electrons. The monoisotopic (exact) mass is 468 g/mol. The molecule has 176 valence electrons. The smallest absolute Gasteiger partial charge is 0.206 e. The number of allylic oxidation sites excluding steroid dienone is 1. The van der Waals surface area contributed by atoms with E-state index in [1.807, 2.05) is 30.3 Å². The van der Waals surface area contributed by atoms with E-state index in [1.165, 1.54) is 37.5 Å². The molecule has 0 saturated heterocycles. The Morgan fingerprint density at radius 3 is 2.24 bits per heavy atom. The van der Waals surface area contributed by atoms with Crippen molar-refractivity contribution in [3.63, 3.8) is 0 Å². The molecule has 0 bridgehead atoms. The number of rotatable bonds is 4. The summed E-state index contributed by atoms with van der Waals surface area (Å²) in [7, 11) is 0. The zero-order valence-corrected chi connectivity index (χ0v) is 18.7. The SMILES string of the molecule is C=CCCC1CCC(C#Cc2ccc(-c3ccc4c(F)c(C(F)(F)F)c(F)cc4c3)cc2)CC1. The zero-order valence-electron chi connectivity index (χ0n) is 18.7. The third-order valence-electron chi connectivity index (χ3n) is 6.58. The fourth-order valence-corrected chi connectivity index (χ4v) is 4.65. The van der Waals surface area contributed by atoms with Crippen LogP contribution in [0.5, 0.6) is 0 Å². The van der Waals surface area contributed by atoms with E-state index in [-0.39, 0.29) is 10.8 Å². The lowest BCUT2D eigenvalue weighted by molar-refractivity contribution is -0.142. The maximum atomic E-state index is 14.3. The summed E-state index contributed by atoms with van der Waals surface area (Å²) in [6, 6.07) is 12.5. The summed E-state index contributed by atoms with van der Waals surface area (Å²) in [6.45, 7) is 3.79. The molecule has 0 heterocycles. The lowest BCUT2D eigenvalue weighted by Gasteiger charge is -2.25. The van der Waals surface area contributed by atoms with Gasteiger partial charge in [-0.25, -0.2) is 8.78 Å². The standard InChI is InChI=1S/C29H25F5/c1-2-3-4-19-5-7-20(8-6-19)9-10-21-11-13-22(14-12-21)23-15-16-25-24(17-23)18-26(30)27(28(25)31)29(32,33)34/h2,11-20H,1,3-8H2. The molecule has 1 fully saturated rings. The molecule has 0 N–H and O–H groups in total. The Bertz CT molecular complexity index is 1230. The average molecular weight is 469 g/mol. The second-order valence-electron chi connectivity index (χ2n) is 8.91. The van der Waals surface area contributed by atoms with Gasteiger partial charge in [-0.3, -0.25) is 0 Å². The van der Waals surface area contributed by atoms with Gasteiger partial charge in [0.05, 0.1) is 0 Å². The Labute approximate surface area is 196 Å². The molecular formula is C29H25F5. The lowest BCUT2D eigenvalue weighted by atomic mass is 9.80. The van der Waals surface area contributed by atoms with Crippen molar-refractivity contribution in [3.05, 3.63) is 83.9 Å². The lowest BCUT2D eigenvalue weighted by Crippen LogP contribution is -2.13. The van der Waals surface area contributed by atoms with Crippen LogP contribution < -0.4 is 0 Å². The maximum Gasteiger partial charge on any atom is 0.422 e. The van der Waals surface area contributed by atoms with Crippen LogP contribution in [0.2, 0.25) is 0 Å². The molecule has 0 amide bonds. The van der Waals surface area contributed by atoms with Crippen molar-refractivity contribution < 1.29 is 22.0 Å². The normalized spacial score (nSPS) is 18.4. The fourth-order valence-electron chi connectivity index (χ4n) is 4.65. The third kappa shape index (κ3) is 5.33. The summed E-state index contributed by atoms with van der Waals surface area (Å²) < 4.78 is 67.3. The van der Waals surface area contributed by atoms with Crippen molar-refractivity contribution in [2.75, 3.05) is 0 Å². The Kier molecular flexibility index (Phi) is 7.07. The number of halogens is 5. The van der Waals surface area contributed by atoms with Crippen molar-refractivity contribution in [1.82, 2.24) is 0 Å². The molecule has 3 aromatic rings. The number of hydrogen-bond acceptors (Lipinski definition) is 0. The molecular weight excluding hydrogens is 443 g/mol. The van der Waals surface area contributed by atoms with Crippen molar-refractivity contribution in [2.45, 2.75) is 44.7 Å². The highest BCUT2D eigenvalue weighted by Crippen LogP contribution is 2.38. The second kappa shape index (κ2) is 10.0. The van der Waals surface area contributed by atoms with Gasteiger partial charge in [-0.15, -0.1) is 6.58 Å². The van der Waals surface area contributed by atoms with Crippen LogP contribution in [-0.2, 0) is 6.18 Å². The summed E-state index contributed by atoms with van der Waals surface area (Å²) in [6.07, 6.45) is 3.82. The molecule has 0 aromatic heterocycles. The first-order valence-electron chi connectivity index (χ1n) is 11.5. The number of hydrogen-bond donors (Lipinski definition) is 0. The van der Waals surface area contributed by atoms with Gasteiger partial charge < -0.3 is 0 Å². The average Bonchev–Trinajstić information content (AvgIpc) is 2.81. The third-order valence-corrected chi connectivity index (χ3v) is 6.58. The van der Waals surface area contributed by atoms with Gasteiger partial charge in [-0.1, -0.05) is 42.2 Å². The minimum absolute atomic E-state index is 0.0769. The highest BCUT2D eigenvalue weighted by molar-refractivity contribution is 5.88. The number of fused-ring (bicyclic) bond motifs is 1. The first-order chi connectivity index (χ1) is 16.3. The quantitative estimate of drug-likeness (QED) is 0.204. The van der Waals surface area contributed by atoms with E-state index >= 15 is 0 Å². The van der Waals surface area contributed by atoms with Crippen molar-refractivity contribution in [2.24, 2.45) is 11.8 Å². The van der Waals surface area contributed by atoms with E-state index in [9.17, 15) is 22.0 Å². The van der Waals surface area contributed by atoms with Crippen LogP contribution in [0.15, 0.2) is 61.2 Å². The highest BCUT2D eigenvalue weighted by atomic mass is 19.4. The highest BCUT2D eigenvalue weighted by Gasteiger charge is 2.38. The van der Waals surface area contributed by atoms with Crippen LogP contribution in [0.3, 0.4) is 0 Å². The first-order valence-corrected chi connectivity index (χ1v) is 11.5. The summed E-state index contributed by atoms with van der Waals surface area (Å²) in [5, 5.41) is -0.188. The van der Waals surface area contributed by atoms with Gasteiger partial charge in [0.1, 0.15) is 17.2 Å².